The van der Waals surface area contributed by atoms with Gasteiger partial charge in [0.2, 0.25) is 5.60 Å². The third kappa shape index (κ3) is 5.79. The highest BCUT2D eigenvalue weighted by molar-refractivity contribution is 7.64. The Labute approximate surface area is 194 Å². The van der Waals surface area contributed by atoms with E-state index in [9.17, 15) is 43.5 Å². The van der Waals surface area contributed by atoms with Crippen LogP contribution >= 0.6 is 23.5 Å². The van der Waals surface area contributed by atoms with Gasteiger partial charge >= 0.3 is 0 Å². The SMILES string of the molecule is CC#C[C@]1(O)[C@H](n2ccc3c(N)ncnc32)O[C@](F)(COP(=O)([O-])OP(=O)([O-])OP(=O)([O-])[O-])[C@H]1O. The summed E-state index contributed by atoms with van der Waals surface area (Å²) in [5, 5.41) is 21.7. The average molecular weight is 558 g/mol. The maximum atomic E-state index is 15.5. The Balaban J connectivity index is 1.90. The Morgan fingerprint density at radius 3 is 2.51 bits per heavy atom. The Morgan fingerprint density at radius 2 is 1.91 bits per heavy atom. The minimum absolute atomic E-state index is 0.00154. The van der Waals surface area contributed by atoms with E-state index in [0.29, 0.717) is 0 Å². The number of nitrogens with zero attached hydrogens (tertiary/aromatic N) is 3. The van der Waals surface area contributed by atoms with Crippen LogP contribution in [0.5, 0.6) is 0 Å². The van der Waals surface area contributed by atoms with Gasteiger partial charge in [-0.3, -0.25) is 13.4 Å². The molecule has 1 fully saturated rings. The van der Waals surface area contributed by atoms with Crippen LogP contribution in [0.15, 0.2) is 18.6 Å². The summed E-state index contributed by atoms with van der Waals surface area (Å²) in [6.45, 7) is -0.609. The number of hydrogen-bond acceptors (Lipinski definition) is 16. The zero-order valence-corrected chi connectivity index (χ0v) is 19.8. The predicted octanol–water partition coefficient (Wildman–Crippen LogP) is -2.86. The number of anilines is 1. The van der Waals surface area contributed by atoms with Crippen molar-refractivity contribution in [2.24, 2.45) is 0 Å². The molecule has 0 aromatic carbocycles. The smallest absolute Gasteiger partial charge is 0.278 e. The predicted molar refractivity (Wildman–Crippen MR) is 101 cm³/mol. The van der Waals surface area contributed by atoms with Crippen molar-refractivity contribution in [3.8, 4) is 11.8 Å². The van der Waals surface area contributed by atoms with Crippen LogP contribution in [-0.4, -0.2) is 48.9 Å². The lowest BCUT2D eigenvalue weighted by Crippen LogP contribution is -2.50. The minimum atomic E-state index is -6.32. The summed E-state index contributed by atoms with van der Waals surface area (Å²) < 4.78 is 65.4. The van der Waals surface area contributed by atoms with Gasteiger partial charge in [-0.2, -0.15) is 0 Å². The first-order chi connectivity index (χ1) is 15.9. The molecule has 2 aromatic rings. The molecule has 1 saturated heterocycles. The number of halogens is 1. The summed E-state index contributed by atoms with van der Waals surface area (Å²) >= 11 is 0. The van der Waals surface area contributed by atoms with Gasteiger partial charge in [0.05, 0.1) is 13.2 Å². The van der Waals surface area contributed by atoms with Gasteiger partial charge in [-0.15, -0.1) is 5.92 Å². The fourth-order valence-corrected chi connectivity index (χ4v) is 6.02. The fourth-order valence-electron chi connectivity index (χ4n) is 3.15. The van der Waals surface area contributed by atoms with Gasteiger partial charge in [0.15, 0.2) is 12.3 Å². The molecule has 21 heteroatoms. The van der Waals surface area contributed by atoms with E-state index >= 15 is 4.39 Å². The normalized spacial score (nSPS) is 30.4. The molecule has 0 radical (unpaired) electrons. The van der Waals surface area contributed by atoms with Crippen LogP contribution in [0.1, 0.15) is 13.2 Å². The summed E-state index contributed by atoms with van der Waals surface area (Å²) in [6.07, 6.45) is -2.27. The standard InChI is InChI=1S/C14H18FN4O13P3/c1-2-4-13(21)11(20)14(15,6-29-34(25,26)32-35(27,28)31-33(22,23)24)30-12(13)19-5-3-8-9(16)17-7-18-10(8)19/h3,5,7,11-12,20-21H,6H2,1H3,(H,25,26)(H,27,28)(H2,16,17,18)(H2,22,23,24)/p-4/t11-,12+,13+,14+/m0/s1. The molecule has 3 rings (SSSR count). The second kappa shape index (κ2) is 9.25. The van der Waals surface area contributed by atoms with Gasteiger partial charge in [0.1, 0.15) is 24.4 Å². The number of aromatic nitrogens is 3. The summed E-state index contributed by atoms with van der Waals surface area (Å²) in [4.78, 5) is 51.5. The molecule has 1 aliphatic rings. The zero-order valence-electron chi connectivity index (χ0n) is 17.1. The van der Waals surface area contributed by atoms with Crippen molar-refractivity contribution in [2.75, 3.05) is 12.3 Å². The topological polar surface area (TPSA) is 278 Å². The lowest BCUT2D eigenvalue weighted by molar-refractivity contribution is -0.339. The van der Waals surface area contributed by atoms with E-state index in [1.807, 2.05) is 0 Å². The molecular weight excluding hydrogens is 544 g/mol. The van der Waals surface area contributed by atoms with Crippen LogP contribution in [0.2, 0.25) is 0 Å². The van der Waals surface area contributed by atoms with E-state index in [2.05, 4.69) is 35.0 Å². The number of hydrogen-bond donors (Lipinski definition) is 3. The molecule has 194 valence electrons. The second-order valence-corrected chi connectivity index (χ2v) is 11.1. The molecule has 1 aliphatic heterocycles. The number of nitrogens with two attached hydrogens (primary N) is 1. The highest BCUT2D eigenvalue weighted by Gasteiger charge is 2.65. The Hall–Kier alpha value is -1.80. The number of aliphatic hydroxyl groups is 2. The molecule has 35 heavy (non-hydrogen) atoms. The highest BCUT2D eigenvalue weighted by atomic mass is 31.3. The fraction of sp³-hybridized carbons (Fsp3) is 0.429. The highest BCUT2D eigenvalue weighted by Crippen LogP contribution is 2.61. The number of phosphoric acid groups is 3. The molecule has 0 amide bonds. The molecule has 3 heterocycles. The van der Waals surface area contributed by atoms with Crippen molar-refractivity contribution in [2.45, 2.75) is 30.7 Å². The van der Waals surface area contributed by atoms with Crippen molar-refractivity contribution in [1.82, 2.24) is 14.5 Å². The van der Waals surface area contributed by atoms with Crippen molar-refractivity contribution in [3.63, 3.8) is 0 Å². The van der Waals surface area contributed by atoms with Crippen molar-refractivity contribution < 1.29 is 65.8 Å². The lowest BCUT2D eigenvalue weighted by atomic mass is 9.93. The van der Waals surface area contributed by atoms with E-state index in [0.717, 1.165) is 10.9 Å². The van der Waals surface area contributed by atoms with Gasteiger partial charge in [-0.1, -0.05) is 5.92 Å². The lowest BCUT2D eigenvalue weighted by Gasteiger charge is -2.38. The van der Waals surface area contributed by atoms with E-state index in [1.54, 1.807) is 0 Å². The third-order valence-electron chi connectivity index (χ3n) is 4.45. The summed E-state index contributed by atoms with van der Waals surface area (Å²) in [5.74, 6) is 0.826. The van der Waals surface area contributed by atoms with Crippen LogP contribution in [0, 0.1) is 11.8 Å². The average Bonchev–Trinajstić information content (AvgIpc) is 3.19. The first-order valence-corrected chi connectivity index (χ1v) is 13.3. The quantitative estimate of drug-likeness (QED) is 0.217. The first-order valence-electron chi connectivity index (χ1n) is 8.92. The Morgan fingerprint density at radius 1 is 1.26 bits per heavy atom. The maximum absolute atomic E-state index is 15.5. The molecule has 0 spiro atoms. The third-order valence-corrected chi connectivity index (χ3v) is 8.09. The molecule has 17 nitrogen and oxygen atoms in total. The van der Waals surface area contributed by atoms with Crippen molar-refractivity contribution in [1.29, 1.82) is 0 Å². The molecule has 6 atom stereocenters. The summed E-state index contributed by atoms with van der Waals surface area (Å²) in [5.41, 5.74) is 2.97. The van der Waals surface area contributed by atoms with Crippen LogP contribution in [-0.2, 0) is 31.6 Å². The molecule has 0 aliphatic carbocycles. The Bertz CT molecular complexity index is 1340. The number of fused-ring (bicyclic) bond motifs is 1. The van der Waals surface area contributed by atoms with Gasteiger partial charge in [-0.25, -0.2) is 18.7 Å². The zero-order chi connectivity index (χ0) is 26.4. The van der Waals surface area contributed by atoms with Gasteiger partial charge < -0.3 is 53.9 Å². The first kappa shape index (κ1) is 27.8. The number of alkyl halides is 1. The van der Waals surface area contributed by atoms with Gasteiger partial charge in [0.25, 0.3) is 21.5 Å². The summed E-state index contributed by atoms with van der Waals surface area (Å²) in [7, 11) is -18.7. The number of ether oxygens (including phenoxy) is 1. The summed E-state index contributed by atoms with van der Waals surface area (Å²) in [6, 6.07) is 1.37. The van der Waals surface area contributed by atoms with E-state index in [4.69, 9.17) is 10.5 Å². The maximum Gasteiger partial charge on any atom is 0.278 e. The molecule has 2 aromatic heterocycles. The van der Waals surface area contributed by atoms with Crippen molar-refractivity contribution in [3.05, 3.63) is 18.6 Å². The van der Waals surface area contributed by atoms with E-state index in [1.165, 1.54) is 19.2 Å². The Kier molecular flexibility index (Phi) is 7.35. The molecule has 0 saturated carbocycles. The number of aliphatic hydroxyl groups excluding tert-OH is 1. The molecular formula is C14H14FN4O13P3-4. The van der Waals surface area contributed by atoms with Gasteiger partial charge in [-0.05, 0) is 13.0 Å². The molecule has 0 bridgehead atoms. The van der Waals surface area contributed by atoms with E-state index < -0.39 is 53.9 Å². The minimum Gasteiger partial charge on any atom is -0.790 e. The second-order valence-electron chi connectivity index (χ2n) is 6.86. The largest absolute Gasteiger partial charge is 0.790 e. The van der Waals surface area contributed by atoms with Crippen LogP contribution < -0.4 is 25.3 Å². The number of nitrogen functional groups attached to an aromatic ring is 1. The monoisotopic (exact) mass is 558 g/mol. The van der Waals surface area contributed by atoms with Crippen LogP contribution in [0.25, 0.3) is 11.0 Å². The molecule has 4 N–H and O–H groups in total. The van der Waals surface area contributed by atoms with Crippen molar-refractivity contribution >= 4 is 40.3 Å². The number of rotatable bonds is 8. The number of phosphoric ester groups is 1. The van der Waals surface area contributed by atoms with E-state index in [-0.39, 0.29) is 16.9 Å². The van der Waals surface area contributed by atoms with Crippen LogP contribution in [0.4, 0.5) is 10.2 Å². The van der Waals surface area contributed by atoms with Crippen LogP contribution in [0.3, 0.4) is 0 Å². The molecule has 2 unspecified atom stereocenters. The van der Waals surface area contributed by atoms with Gasteiger partial charge in [0, 0.05) is 6.20 Å².